The molecule has 2 aromatic rings. The number of piperidine rings is 1. The smallest absolute Gasteiger partial charge is 0.276 e. The minimum atomic E-state index is -0.140. The van der Waals surface area contributed by atoms with E-state index in [0.717, 1.165) is 42.5 Å². The maximum Gasteiger partial charge on any atom is 0.276 e. The standard InChI is InChI=1S/C16H17N5O.2ClH/c22-15-13(19-16(20-15)21-7-2-1-3-8-21)9-11-10-18-14-12(11)5-4-6-17-14;;/h4-6,9-10H,1-3,7-8H2,(H,17,18)(H,19,20,22);2*1H/b13-9-;;. The predicted octanol–water partition coefficient (Wildman–Crippen LogP) is 2.72. The van der Waals surface area contributed by atoms with Crippen LogP contribution in [0.3, 0.4) is 0 Å². The number of carbonyl (C=O) groups is 1. The van der Waals surface area contributed by atoms with E-state index in [1.54, 1.807) is 6.20 Å². The number of aliphatic imine (C=N–C) groups is 1. The first-order chi connectivity index (χ1) is 10.8. The molecule has 4 rings (SSSR count). The molecular weight excluding hydrogens is 349 g/mol. The molecule has 0 aromatic carbocycles. The van der Waals surface area contributed by atoms with Crippen molar-refractivity contribution in [1.82, 2.24) is 20.2 Å². The number of fused-ring (bicyclic) bond motifs is 1. The predicted molar refractivity (Wildman–Crippen MR) is 99.6 cm³/mol. The highest BCUT2D eigenvalue weighted by molar-refractivity contribution is 6.14. The minimum absolute atomic E-state index is 0. The van der Waals surface area contributed by atoms with E-state index in [2.05, 4.69) is 25.2 Å². The van der Waals surface area contributed by atoms with E-state index >= 15 is 0 Å². The number of hydrogen-bond acceptors (Lipinski definition) is 4. The van der Waals surface area contributed by atoms with E-state index < -0.39 is 0 Å². The summed E-state index contributed by atoms with van der Waals surface area (Å²) in [6, 6.07) is 3.86. The summed E-state index contributed by atoms with van der Waals surface area (Å²) in [5, 5.41) is 3.87. The highest BCUT2D eigenvalue weighted by Crippen LogP contribution is 2.21. The van der Waals surface area contributed by atoms with Gasteiger partial charge in [0, 0.05) is 36.4 Å². The van der Waals surface area contributed by atoms with Crippen LogP contribution in [0.5, 0.6) is 0 Å². The van der Waals surface area contributed by atoms with Crippen LogP contribution >= 0.6 is 24.8 Å². The Balaban J connectivity index is 0.00000104. The third-order valence-electron chi connectivity index (χ3n) is 4.12. The molecule has 0 unspecified atom stereocenters. The van der Waals surface area contributed by atoms with Gasteiger partial charge in [0.25, 0.3) is 5.91 Å². The zero-order valence-corrected chi connectivity index (χ0v) is 14.6. The lowest BCUT2D eigenvalue weighted by atomic mass is 10.1. The third-order valence-corrected chi connectivity index (χ3v) is 4.12. The minimum Gasteiger partial charge on any atom is -0.346 e. The van der Waals surface area contributed by atoms with E-state index in [1.165, 1.54) is 6.42 Å². The van der Waals surface area contributed by atoms with E-state index in [-0.39, 0.29) is 30.7 Å². The van der Waals surface area contributed by atoms with Crippen molar-refractivity contribution in [3.05, 3.63) is 35.8 Å². The number of halogens is 2. The number of guanidine groups is 1. The maximum atomic E-state index is 12.1. The first-order valence-electron chi connectivity index (χ1n) is 7.60. The van der Waals surface area contributed by atoms with Crippen molar-refractivity contribution < 1.29 is 4.79 Å². The number of pyridine rings is 1. The Morgan fingerprint density at radius 2 is 1.96 bits per heavy atom. The fourth-order valence-electron chi connectivity index (χ4n) is 2.96. The number of carbonyl (C=O) groups excluding carboxylic acids is 1. The number of aromatic amines is 1. The molecule has 6 nitrogen and oxygen atoms in total. The summed E-state index contributed by atoms with van der Waals surface area (Å²) in [6.07, 6.45) is 8.97. The number of likely N-dealkylation sites (tertiary alicyclic amines) is 1. The van der Waals surface area contributed by atoms with Crippen LogP contribution in [0, 0.1) is 0 Å². The molecule has 1 amide bonds. The highest BCUT2D eigenvalue weighted by atomic mass is 35.5. The van der Waals surface area contributed by atoms with Gasteiger partial charge >= 0.3 is 0 Å². The molecule has 4 heterocycles. The molecule has 1 saturated heterocycles. The zero-order valence-electron chi connectivity index (χ0n) is 13.0. The summed E-state index contributed by atoms with van der Waals surface area (Å²) in [7, 11) is 0. The van der Waals surface area contributed by atoms with E-state index in [0.29, 0.717) is 11.7 Å². The Bertz CT molecular complexity index is 793. The largest absolute Gasteiger partial charge is 0.346 e. The molecule has 0 aliphatic carbocycles. The second kappa shape index (κ2) is 7.68. The van der Waals surface area contributed by atoms with Crippen molar-refractivity contribution in [2.45, 2.75) is 19.3 Å². The quantitative estimate of drug-likeness (QED) is 0.761. The van der Waals surface area contributed by atoms with Crippen molar-refractivity contribution in [1.29, 1.82) is 0 Å². The van der Waals surface area contributed by atoms with E-state index in [9.17, 15) is 4.79 Å². The van der Waals surface area contributed by atoms with Gasteiger partial charge < -0.3 is 9.88 Å². The van der Waals surface area contributed by atoms with Gasteiger partial charge in [-0.1, -0.05) is 0 Å². The van der Waals surface area contributed by atoms with Gasteiger partial charge in [0.15, 0.2) is 0 Å². The van der Waals surface area contributed by atoms with Crippen molar-refractivity contribution in [2.24, 2.45) is 4.99 Å². The fraction of sp³-hybridized carbons (Fsp3) is 0.312. The summed E-state index contributed by atoms with van der Waals surface area (Å²) >= 11 is 0. The van der Waals surface area contributed by atoms with Crippen LogP contribution in [0.4, 0.5) is 0 Å². The molecule has 128 valence electrons. The summed E-state index contributed by atoms with van der Waals surface area (Å²) < 4.78 is 0. The van der Waals surface area contributed by atoms with E-state index in [4.69, 9.17) is 0 Å². The Hall–Kier alpha value is -2.05. The third kappa shape index (κ3) is 3.39. The summed E-state index contributed by atoms with van der Waals surface area (Å²) in [4.78, 5) is 26.1. The van der Waals surface area contributed by atoms with Crippen molar-refractivity contribution in [2.75, 3.05) is 13.1 Å². The molecule has 0 atom stereocenters. The van der Waals surface area contributed by atoms with Gasteiger partial charge in [0.05, 0.1) is 0 Å². The van der Waals surface area contributed by atoms with Crippen LogP contribution in [0.2, 0.25) is 0 Å². The molecule has 2 aliphatic heterocycles. The first kappa shape index (κ1) is 18.3. The SMILES string of the molecule is Cl.Cl.O=C1NC(N2CCCCC2)=N/C1=C\c1c[nH]c2ncccc12. The summed E-state index contributed by atoms with van der Waals surface area (Å²) in [5.74, 6) is 0.549. The van der Waals surface area contributed by atoms with Gasteiger partial charge in [-0.2, -0.15) is 0 Å². The van der Waals surface area contributed by atoms with Gasteiger partial charge in [0.2, 0.25) is 5.96 Å². The monoisotopic (exact) mass is 367 g/mol. The molecule has 0 saturated carbocycles. The topological polar surface area (TPSA) is 73.4 Å². The molecule has 0 bridgehead atoms. The van der Waals surface area contributed by atoms with Crippen molar-refractivity contribution >= 4 is 53.8 Å². The number of aromatic nitrogens is 2. The van der Waals surface area contributed by atoms with E-state index in [1.807, 2.05) is 24.4 Å². The lowest BCUT2D eigenvalue weighted by molar-refractivity contribution is -0.115. The molecule has 2 aromatic heterocycles. The van der Waals surface area contributed by atoms with Crippen LogP contribution < -0.4 is 5.32 Å². The van der Waals surface area contributed by atoms with Gasteiger partial charge in [-0.3, -0.25) is 10.1 Å². The number of rotatable bonds is 1. The number of H-pyrrole nitrogens is 1. The van der Waals surface area contributed by atoms with Gasteiger partial charge in [-0.05, 0) is 37.5 Å². The fourth-order valence-corrected chi connectivity index (χ4v) is 2.96. The van der Waals surface area contributed by atoms with Gasteiger partial charge in [-0.25, -0.2) is 9.98 Å². The van der Waals surface area contributed by atoms with Crippen LogP contribution in [0.25, 0.3) is 17.1 Å². The maximum absolute atomic E-state index is 12.1. The number of amides is 1. The van der Waals surface area contributed by atoms with Gasteiger partial charge in [0.1, 0.15) is 11.3 Å². The van der Waals surface area contributed by atoms with Crippen molar-refractivity contribution in [3.63, 3.8) is 0 Å². The Morgan fingerprint density at radius 1 is 1.17 bits per heavy atom. The lowest BCUT2D eigenvalue weighted by Gasteiger charge is -2.27. The average molecular weight is 368 g/mol. The number of nitrogens with one attached hydrogen (secondary N) is 2. The van der Waals surface area contributed by atoms with Crippen molar-refractivity contribution in [3.8, 4) is 0 Å². The molecule has 2 N–H and O–H groups in total. The van der Waals surface area contributed by atoms with Crippen LogP contribution in [-0.2, 0) is 4.79 Å². The Labute approximate surface area is 152 Å². The molecule has 8 heteroatoms. The van der Waals surface area contributed by atoms with Crippen LogP contribution in [0.15, 0.2) is 35.2 Å². The summed E-state index contributed by atoms with van der Waals surface area (Å²) in [6.45, 7) is 1.92. The highest BCUT2D eigenvalue weighted by Gasteiger charge is 2.25. The molecule has 2 aliphatic rings. The normalized spacial score (nSPS) is 18.8. The van der Waals surface area contributed by atoms with Gasteiger partial charge in [-0.15, -0.1) is 24.8 Å². The Kier molecular flexibility index (Phi) is 5.85. The molecule has 0 spiro atoms. The summed E-state index contributed by atoms with van der Waals surface area (Å²) in [5.41, 5.74) is 2.19. The molecule has 0 radical (unpaired) electrons. The second-order valence-electron chi connectivity index (χ2n) is 5.61. The molecular formula is C16H19Cl2N5O. The number of hydrogen-bond donors (Lipinski definition) is 2. The van der Waals surface area contributed by atoms with Crippen LogP contribution in [-0.4, -0.2) is 39.8 Å². The van der Waals surface area contributed by atoms with Crippen LogP contribution in [0.1, 0.15) is 24.8 Å². The zero-order chi connectivity index (χ0) is 14.9. The molecule has 24 heavy (non-hydrogen) atoms. The number of nitrogens with zero attached hydrogens (tertiary/aromatic N) is 3. The molecule has 1 fully saturated rings. The first-order valence-corrected chi connectivity index (χ1v) is 7.60. The lowest BCUT2D eigenvalue weighted by Crippen LogP contribution is -2.43. The Morgan fingerprint density at radius 3 is 2.75 bits per heavy atom. The average Bonchev–Trinajstić information content (AvgIpc) is 3.13. The second-order valence-corrected chi connectivity index (χ2v) is 5.61.